The summed E-state index contributed by atoms with van der Waals surface area (Å²) in [5, 5.41) is 5.76. The minimum absolute atomic E-state index is 0.0806. The number of carbonyl (C=O) groups is 1. The van der Waals surface area contributed by atoms with Gasteiger partial charge in [-0.2, -0.15) is 0 Å². The van der Waals surface area contributed by atoms with Gasteiger partial charge in [0.1, 0.15) is 11.6 Å². The van der Waals surface area contributed by atoms with E-state index < -0.39 is 0 Å². The van der Waals surface area contributed by atoms with Gasteiger partial charge in [-0.3, -0.25) is 4.79 Å². The number of rotatable bonds is 8. The Morgan fingerprint density at radius 1 is 1.19 bits per heavy atom. The van der Waals surface area contributed by atoms with E-state index in [0.717, 1.165) is 51.7 Å². The van der Waals surface area contributed by atoms with Crippen LogP contribution in [0, 0.1) is 13.8 Å². The van der Waals surface area contributed by atoms with Crippen molar-refractivity contribution in [1.82, 2.24) is 14.9 Å². The van der Waals surface area contributed by atoms with Crippen molar-refractivity contribution in [3.05, 3.63) is 80.8 Å². The molecule has 32 heavy (non-hydrogen) atoms. The number of aryl methyl sites for hydroxylation is 3. The van der Waals surface area contributed by atoms with Crippen molar-refractivity contribution in [2.24, 2.45) is 0 Å². The van der Waals surface area contributed by atoms with Gasteiger partial charge in [0.2, 0.25) is 0 Å². The molecule has 0 saturated heterocycles. The predicted octanol–water partition coefficient (Wildman–Crippen LogP) is 6.33. The number of aromatic nitrogens is 2. The molecule has 4 aromatic rings. The molecule has 1 N–H and O–H groups in total. The predicted molar refractivity (Wildman–Crippen MR) is 131 cm³/mol. The molecule has 0 bridgehead atoms. The maximum atomic E-state index is 12.5. The van der Waals surface area contributed by atoms with Gasteiger partial charge >= 0.3 is 0 Å². The van der Waals surface area contributed by atoms with Crippen molar-refractivity contribution >= 4 is 39.9 Å². The van der Waals surface area contributed by atoms with Gasteiger partial charge in [0.05, 0.1) is 28.6 Å². The number of fused-ring (bicyclic) bond motifs is 1. The van der Waals surface area contributed by atoms with Gasteiger partial charge in [-0.15, -0.1) is 11.3 Å². The Morgan fingerprint density at radius 2 is 1.94 bits per heavy atom. The highest BCUT2D eigenvalue weighted by atomic mass is 35.5. The van der Waals surface area contributed by atoms with Gasteiger partial charge in [-0.25, -0.2) is 4.98 Å². The zero-order chi connectivity index (χ0) is 22.7. The topological polar surface area (TPSA) is 56.1 Å². The molecule has 5 nitrogen and oxygen atoms in total. The lowest BCUT2D eigenvalue weighted by molar-refractivity contribution is 0.0941. The van der Waals surface area contributed by atoms with Crippen LogP contribution >= 0.6 is 22.9 Å². The molecule has 2 aromatic carbocycles. The maximum Gasteiger partial charge on any atom is 0.261 e. The molecular formula is C25H26ClN3O2S. The molecule has 0 aliphatic heterocycles. The summed E-state index contributed by atoms with van der Waals surface area (Å²) in [6.07, 6.45) is 0.805. The van der Waals surface area contributed by atoms with Crippen molar-refractivity contribution in [1.29, 1.82) is 0 Å². The lowest BCUT2D eigenvalue weighted by Crippen LogP contribution is -2.28. The highest BCUT2D eigenvalue weighted by molar-refractivity contribution is 7.12. The fraction of sp³-hybridized carbons (Fsp3) is 0.280. The molecule has 1 atom stereocenters. The zero-order valence-electron chi connectivity index (χ0n) is 18.4. The minimum atomic E-state index is -0.223. The smallest absolute Gasteiger partial charge is 0.261 e. The minimum Gasteiger partial charge on any atom is -0.494 e. The summed E-state index contributed by atoms with van der Waals surface area (Å²) < 4.78 is 8.16. The lowest BCUT2D eigenvalue weighted by atomic mass is 10.1. The van der Waals surface area contributed by atoms with E-state index in [4.69, 9.17) is 21.3 Å². The third kappa shape index (κ3) is 4.81. The molecule has 1 unspecified atom stereocenters. The molecule has 0 saturated carbocycles. The standard InChI is InChI=1S/C25H26ClN3O2S/c1-16-14-19(15-17(2)23(16)26)31-12-7-11-29-21-9-5-4-8-20(21)28-24(29)18(3)27-25(30)22-10-6-13-32-22/h4-6,8-10,13-15,18H,7,11-12H2,1-3H3,(H,27,30). The van der Waals surface area contributed by atoms with Crippen molar-refractivity contribution < 1.29 is 9.53 Å². The number of imidazole rings is 1. The normalized spacial score (nSPS) is 12.1. The third-order valence-corrected chi connectivity index (χ3v) is 6.83. The van der Waals surface area contributed by atoms with E-state index in [-0.39, 0.29) is 11.9 Å². The fourth-order valence-electron chi connectivity index (χ4n) is 3.80. The van der Waals surface area contributed by atoms with Crippen molar-refractivity contribution in [3.63, 3.8) is 0 Å². The Bertz CT molecular complexity index is 1210. The van der Waals surface area contributed by atoms with Gasteiger partial charge in [0.25, 0.3) is 5.91 Å². The fourth-order valence-corrected chi connectivity index (χ4v) is 4.54. The first-order valence-electron chi connectivity index (χ1n) is 10.6. The highest BCUT2D eigenvalue weighted by Gasteiger charge is 2.19. The molecule has 0 radical (unpaired) electrons. The lowest BCUT2D eigenvalue weighted by Gasteiger charge is -2.16. The van der Waals surface area contributed by atoms with Crippen molar-refractivity contribution in [3.8, 4) is 5.75 Å². The molecule has 7 heteroatoms. The molecule has 4 rings (SSSR count). The summed E-state index contributed by atoms with van der Waals surface area (Å²) in [5.74, 6) is 1.59. The maximum absolute atomic E-state index is 12.5. The number of para-hydroxylation sites is 2. The number of nitrogens with zero attached hydrogens (tertiary/aromatic N) is 2. The number of thiophene rings is 1. The molecule has 0 fully saturated rings. The number of hydrogen-bond acceptors (Lipinski definition) is 4. The van der Waals surface area contributed by atoms with Crippen LogP contribution in [0.25, 0.3) is 11.0 Å². The van der Waals surface area contributed by atoms with Crippen LogP contribution in [0.2, 0.25) is 5.02 Å². The van der Waals surface area contributed by atoms with E-state index in [0.29, 0.717) is 11.5 Å². The first-order chi connectivity index (χ1) is 15.4. The summed E-state index contributed by atoms with van der Waals surface area (Å²) in [7, 11) is 0. The Hall–Kier alpha value is -2.83. The third-order valence-electron chi connectivity index (χ3n) is 5.37. The Balaban J connectivity index is 1.47. The van der Waals surface area contributed by atoms with Gasteiger partial charge in [-0.1, -0.05) is 29.8 Å². The van der Waals surface area contributed by atoms with Gasteiger partial charge in [-0.05, 0) is 74.0 Å². The van der Waals surface area contributed by atoms with E-state index in [1.54, 1.807) is 0 Å². The van der Waals surface area contributed by atoms with Crippen LogP contribution < -0.4 is 10.1 Å². The molecule has 0 aliphatic rings. The first kappa shape index (κ1) is 22.4. The molecule has 0 aliphatic carbocycles. The Kier molecular flexibility index (Phi) is 6.82. The summed E-state index contributed by atoms with van der Waals surface area (Å²) in [5.41, 5.74) is 4.00. The highest BCUT2D eigenvalue weighted by Crippen LogP contribution is 2.26. The van der Waals surface area contributed by atoms with Crippen LogP contribution in [-0.2, 0) is 6.54 Å². The van der Waals surface area contributed by atoms with Crippen LogP contribution in [0.4, 0.5) is 0 Å². The summed E-state index contributed by atoms with van der Waals surface area (Å²) >= 11 is 7.69. The first-order valence-corrected chi connectivity index (χ1v) is 11.9. The van der Waals surface area contributed by atoms with E-state index in [2.05, 4.69) is 16.0 Å². The molecule has 1 amide bonds. The summed E-state index contributed by atoms with van der Waals surface area (Å²) in [4.78, 5) is 18.1. The zero-order valence-corrected chi connectivity index (χ0v) is 20.0. The van der Waals surface area contributed by atoms with Gasteiger partial charge < -0.3 is 14.6 Å². The second kappa shape index (κ2) is 9.76. The number of benzene rings is 2. The number of ether oxygens (including phenoxy) is 1. The molecule has 166 valence electrons. The molecule has 2 heterocycles. The number of nitrogens with one attached hydrogen (secondary N) is 1. The average molecular weight is 468 g/mol. The van der Waals surface area contributed by atoms with Crippen molar-refractivity contribution in [2.75, 3.05) is 6.61 Å². The number of hydrogen-bond donors (Lipinski definition) is 1. The number of amides is 1. The van der Waals surface area contributed by atoms with Crippen LogP contribution in [0.15, 0.2) is 53.9 Å². The van der Waals surface area contributed by atoms with Crippen molar-refractivity contribution in [2.45, 2.75) is 39.8 Å². The average Bonchev–Trinajstić information content (AvgIpc) is 3.43. The Labute approximate surface area is 197 Å². The molecule has 0 spiro atoms. The second-order valence-electron chi connectivity index (χ2n) is 7.86. The van der Waals surface area contributed by atoms with Crippen LogP contribution in [0.1, 0.15) is 46.0 Å². The van der Waals surface area contributed by atoms with E-state index in [1.165, 1.54) is 11.3 Å². The monoisotopic (exact) mass is 467 g/mol. The number of halogens is 1. The SMILES string of the molecule is Cc1cc(OCCCn2c(C(C)NC(=O)c3cccs3)nc3ccccc32)cc(C)c1Cl. The second-order valence-corrected chi connectivity index (χ2v) is 9.18. The van der Waals surface area contributed by atoms with Crippen LogP contribution in [0.5, 0.6) is 5.75 Å². The molecular weight excluding hydrogens is 442 g/mol. The number of carbonyl (C=O) groups excluding carboxylic acids is 1. The van der Waals surface area contributed by atoms with Gasteiger partial charge in [0.15, 0.2) is 0 Å². The van der Waals surface area contributed by atoms with E-state index >= 15 is 0 Å². The van der Waals surface area contributed by atoms with Crippen LogP contribution in [0.3, 0.4) is 0 Å². The molecule has 2 aromatic heterocycles. The largest absolute Gasteiger partial charge is 0.494 e. The van der Waals surface area contributed by atoms with E-state index in [9.17, 15) is 4.79 Å². The summed E-state index contributed by atoms with van der Waals surface area (Å²) in [6.45, 7) is 7.25. The Morgan fingerprint density at radius 3 is 2.66 bits per heavy atom. The summed E-state index contributed by atoms with van der Waals surface area (Å²) in [6, 6.07) is 15.5. The quantitative estimate of drug-likeness (QED) is 0.308. The van der Waals surface area contributed by atoms with E-state index in [1.807, 2.05) is 68.6 Å². The van der Waals surface area contributed by atoms with Crippen LogP contribution in [-0.4, -0.2) is 22.1 Å². The van der Waals surface area contributed by atoms with Gasteiger partial charge in [0, 0.05) is 11.6 Å².